The summed E-state index contributed by atoms with van der Waals surface area (Å²) in [5.74, 6) is 0.553. The lowest BCUT2D eigenvalue weighted by molar-refractivity contribution is -0.145. The average molecular weight is 247 g/mol. The lowest BCUT2D eigenvalue weighted by atomic mass is 10.0. The standard InChI is InChI=1S/C15H21NO2/c1-3-16-14(15(17)18-4-2)13-9-7-12(8-10-13)11-5-6-11/h7-11,14,16H,3-6H2,1-2H3. The van der Waals surface area contributed by atoms with Crippen molar-refractivity contribution in [2.24, 2.45) is 0 Å². The monoisotopic (exact) mass is 247 g/mol. The van der Waals surface area contributed by atoms with E-state index in [-0.39, 0.29) is 12.0 Å². The molecule has 0 amide bonds. The highest BCUT2D eigenvalue weighted by Gasteiger charge is 2.25. The van der Waals surface area contributed by atoms with E-state index in [9.17, 15) is 4.79 Å². The number of rotatable bonds is 6. The molecule has 3 heteroatoms. The number of hydrogen-bond donors (Lipinski definition) is 1. The molecule has 1 aliphatic rings. The van der Waals surface area contributed by atoms with E-state index in [4.69, 9.17) is 4.74 Å². The Labute approximate surface area is 109 Å². The summed E-state index contributed by atoms with van der Waals surface area (Å²) in [4.78, 5) is 11.9. The predicted molar refractivity (Wildman–Crippen MR) is 71.5 cm³/mol. The van der Waals surface area contributed by atoms with Gasteiger partial charge in [0.1, 0.15) is 6.04 Å². The van der Waals surface area contributed by atoms with E-state index in [1.807, 2.05) is 26.0 Å². The van der Waals surface area contributed by atoms with Gasteiger partial charge < -0.3 is 10.1 Å². The fraction of sp³-hybridized carbons (Fsp3) is 0.533. The molecule has 0 bridgehead atoms. The van der Waals surface area contributed by atoms with Crippen LogP contribution in [0.3, 0.4) is 0 Å². The number of nitrogens with one attached hydrogen (secondary N) is 1. The summed E-state index contributed by atoms with van der Waals surface area (Å²) in [5, 5.41) is 3.17. The summed E-state index contributed by atoms with van der Waals surface area (Å²) < 4.78 is 5.10. The van der Waals surface area contributed by atoms with Gasteiger partial charge in [-0.15, -0.1) is 0 Å². The van der Waals surface area contributed by atoms with Gasteiger partial charge in [-0.25, -0.2) is 4.79 Å². The largest absolute Gasteiger partial charge is 0.465 e. The van der Waals surface area contributed by atoms with Gasteiger partial charge in [0.2, 0.25) is 0 Å². The maximum Gasteiger partial charge on any atom is 0.327 e. The first kappa shape index (κ1) is 13.1. The number of carbonyl (C=O) groups is 1. The van der Waals surface area contributed by atoms with Gasteiger partial charge in [-0.1, -0.05) is 31.2 Å². The average Bonchev–Trinajstić information content (AvgIpc) is 3.21. The number of benzene rings is 1. The Kier molecular flexibility index (Phi) is 4.37. The molecule has 1 aromatic carbocycles. The van der Waals surface area contributed by atoms with Crippen molar-refractivity contribution in [3.8, 4) is 0 Å². The Morgan fingerprint density at radius 2 is 2.00 bits per heavy atom. The van der Waals surface area contributed by atoms with Gasteiger partial charge in [-0.3, -0.25) is 0 Å². The van der Waals surface area contributed by atoms with Crippen LogP contribution in [0.15, 0.2) is 24.3 Å². The quantitative estimate of drug-likeness (QED) is 0.786. The molecular weight excluding hydrogens is 226 g/mol. The van der Waals surface area contributed by atoms with Crippen LogP contribution in [-0.4, -0.2) is 19.1 Å². The van der Waals surface area contributed by atoms with Gasteiger partial charge in [0.05, 0.1) is 6.61 Å². The van der Waals surface area contributed by atoms with Crippen molar-refractivity contribution in [3.63, 3.8) is 0 Å². The molecule has 0 radical (unpaired) electrons. The first-order valence-corrected chi connectivity index (χ1v) is 6.76. The number of carbonyl (C=O) groups excluding carboxylic acids is 1. The predicted octanol–water partition coefficient (Wildman–Crippen LogP) is 2.78. The molecule has 2 rings (SSSR count). The van der Waals surface area contributed by atoms with Crippen molar-refractivity contribution < 1.29 is 9.53 Å². The summed E-state index contributed by atoms with van der Waals surface area (Å²) in [5.41, 5.74) is 2.37. The SMILES string of the molecule is CCNC(C(=O)OCC)c1ccc(C2CC2)cc1. The second-order valence-corrected chi connectivity index (χ2v) is 4.68. The van der Waals surface area contributed by atoms with Crippen LogP contribution in [0.5, 0.6) is 0 Å². The Hall–Kier alpha value is -1.35. The van der Waals surface area contributed by atoms with Crippen LogP contribution in [0, 0.1) is 0 Å². The van der Waals surface area contributed by atoms with Crippen LogP contribution in [0.4, 0.5) is 0 Å². The molecule has 1 N–H and O–H groups in total. The molecule has 0 aliphatic heterocycles. The minimum Gasteiger partial charge on any atom is -0.465 e. The minimum atomic E-state index is -0.344. The molecule has 0 aromatic heterocycles. The zero-order valence-electron chi connectivity index (χ0n) is 11.1. The van der Waals surface area contributed by atoms with Crippen molar-refractivity contribution in [2.45, 2.75) is 38.6 Å². The van der Waals surface area contributed by atoms with Gasteiger partial charge in [-0.05, 0) is 43.4 Å². The maximum absolute atomic E-state index is 11.9. The molecule has 0 spiro atoms. The molecular formula is C15H21NO2. The van der Waals surface area contributed by atoms with E-state index in [0.29, 0.717) is 6.61 Å². The third-order valence-electron chi connectivity index (χ3n) is 3.25. The van der Waals surface area contributed by atoms with Crippen LogP contribution in [0.25, 0.3) is 0 Å². The Balaban J connectivity index is 2.10. The summed E-state index contributed by atoms with van der Waals surface area (Å²) in [7, 11) is 0. The zero-order valence-corrected chi connectivity index (χ0v) is 11.1. The zero-order chi connectivity index (χ0) is 13.0. The fourth-order valence-corrected chi connectivity index (χ4v) is 2.14. The lowest BCUT2D eigenvalue weighted by Gasteiger charge is -2.17. The second kappa shape index (κ2) is 6.01. The number of esters is 1. The van der Waals surface area contributed by atoms with E-state index in [2.05, 4.69) is 17.4 Å². The van der Waals surface area contributed by atoms with Crippen LogP contribution in [-0.2, 0) is 9.53 Å². The van der Waals surface area contributed by atoms with Crippen molar-refractivity contribution in [1.29, 1.82) is 0 Å². The van der Waals surface area contributed by atoms with Gasteiger partial charge >= 0.3 is 5.97 Å². The van der Waals surface area contributed by atoms with Crippen molar-refractivity contribution in [2.75, 3.05) is 13.2 Å². The molecule has 98 valence electrons. The summed E-state index contributed by atoms with van der Waals surface area (Å²) >= 11 is 0. The molecule has 1 atom stereocenters. The van der Waals surface area contributed by atoms with Gasteiger partial charge in [-0.2, -0.15) is 0 Å². The molecule has 1 aliphatic carbocycles. The highest BCUT2D eigenvalue weighted by Crippen LogP contribution is 2.40. The maximum atomic E-state index is 11.9. The Morgan fingerprint density at radius 1 is 1.33 bits per heavy atom. The molecule has 3 nitrogen and oxygen atoms in total. The molecule has 1 unspecified atom stereocenters. The number of likely N-dealkylation sites (N-methyl/N-ethyl adjacent to an activating group) is 1. The van der Waals surface area contributed by atoms with E-state index in [1.165, 1.54) is 18.4 Å². The normalized spacial score (nSPS) is 16.3. The van der Waals surface area contributed by atoms with Gasteiger partial charge in [0.15, 0.2) is 0 Å². The minimum absolute atomic E-state index is 0.196. The van der Waals surface area contributed by atoms with Crippen LogP contribution >= 0.6 is 0 Å². The van der Waals surface area contributed by atoms with E-state index >= 15 is 0 Å². The van der Waals surface area contributed by atoms with Crippen LogP contribution in [0.1, 0.15) is 49.8 Å². The number of hydrogen-bond acceptors (Lipinski definition) is 3. The highest BCUT2D eigenvalue weighted by atomic mass is 16.5. The Morgan fingerprint density at radius 3 is 2.50 bits per heavy atom. The molecule has 1 aromatic rings. The molecule has 0 heterocycles. The van der Waals surface area contributed by atoms with Crippen molar-refractivity contribution >= 4 is 5.97 Å². The smallest absolute Gasteiger partial charge is 0.327 e. The third kappa shape index (κ3) is 3.10. The van der Waals surface area contributed by atoms with Crippen molar-refractivity contribution in [3.05, 3.63) is 35.4 Å². The first-order valence-electron chi connectivity index (χ1n) is 6.76. The van der Waals surface area contributed by atoms with E-state index in [1.54, 1.807) is 0 Å². The second-order valence-electron chi connectivity index (χ2n) is 4.68. The highest BCUT2D eigenvalue weighted by molar-refractivity contribution is 5.77. The number of ether oxygens (including phenoxy) is 1. The van der Waals surface area contributed by atoms with Crippen molar-refractivity contribution in [1.82, 2.24) is 5.32 Å². The molecule has 1 fully saturated rings. The molecule has 18 heavy (non-hydrogen) atoms. The topological polar surface area (TPSA) is 38.3 Å². The van der Waals surface area contributed by atoms with E-state index in [0.717, 1.165) is 18.0 Å². The summed E-state index contributed by atoms with van der Waals surface area (Å²) in [6.45, 7) is 4.98. The van der Waals surface area contributed by atoms with Gasteiger partial charge in [0.25, 0.3) is 0 Å². The fourth-order valence-electron chi connectivity index (χ4n) is 2.14. The third-order valence-corrected chi connectivity index (χ3v) is 3.25. The Bertz CT molecular complexity index is 395. The first-order chi connectivity index (χ1) is 8.76. The van der Waals surface area contributed by atoms with Crippen LogP contribution < -0.4 is 5.32 Å². The summed E-state index contributed by atoms with van der Waals surface area (Å²) in [6.07, 6.45) is 2.60. The molecule has 1 saturated carbocycles. The van der Waals surface area contributed by atoms with Crippen LogP contribution in [0.2, 0.25) is 0 Å². The summed E-state index contributed by atoms with van der Waals surface area (Å²) in [6, 6.07) is 8.01. The molecule has 0 saturated heterocycles. The lowest BCUT2D eigenvalue weighted by Crippen LogP contribution is -2.30. The van der Waals surface area contributed by atoms with Gasteiger partial charge in [0, 0.05) is 0 Å². The van der Waals surface area contributed by atoms with E-state index < -0.39 is 0 Å².